The second-order valence-corrected chi connectivity index (χ2v) is 4.76. The molecule has 0 spiro atoms. The molecule has 0 aromatic carbocycles. The van der Waals surface area contributed by atoms with E-state index in [9.17, 15) is 4.79 Å². The van der Waals surface area contributed by atoms with Crippen LogP contribution in [0.2, 0.25) is 0 Å². The Morgan fingerprint density at radius 3 is 1.81 bits per heavy atom. The zero-order valence-electron chi connectivity index (χ0n) is 9.74. The molecule has 0 heterocycles. The molecule has 0 saturated heterocycles. The maximum Gasteiger partial charge on any atom is 0.373 e. The van der Waals surface area contributed by atoms with E-state index in [0.717, 1.165) is 38.5 Å². The number of carbonyl (C=O) groups is 1. The van der Waals surface area contributed by atoms with Gasteiger partial charge in [-0.3, -0.25) is 0 Å². The summed E-state index contributed by atoms with van der Waals surface area (Å²) in [5, 5.41) is 0. The van der Waals surface area contributed by atoms with Gasteiger partial charge in [-0.2, -0.15) is 0 Å². The van der Waals surface area contributed by atoms with E-state index < -0.39 is 0 Å². The van der Waals surface area contributed by atoms with Crippen LogP contribution in [0.25, 0.3) is 0 Å². The quantitative estimate of drug-likeness (QED) is 0.418. The molecule has 0 radical (unpaired) electrons. The van der Waals surface area contributed by atoms with Crippen molar-refractivity contribution in [3.8, 4) is 0 Å². The van der Waals surface area contributed by atoms with Gasteiger partial charge in [-0.1, -0.05) is 0 Å². The van der Waals surface area contributed by atoms with Crippen LogP contribution in [0, 0.1) is 0 Å². The summed E-state index contributed by atoms with van der Waals surface area (Å²) in [5.41, 5.74) is 0. The van der Waals surface area contributed by atoms with E-state index in [1.54, 1.807) is 0 Å². The first-order chi connectivity index (χ1) is 7.75. The molecular weight excluding hydrogens is 204 g/mol. The van der Waals surface area contributed by atoms with Gasteiger partial charge in [-0.05, 0) is 57.9 Å². The Kier molecular flexibility index (Phi) is 3.86. The van der Waals surface area contributed by atoms with Gasteiger partial charge < -0.3 is 9.47 Å². The highest BCUT2D eigenvalue weighted by atomic mass is 16.6. The van der Waals surface area contributed by atoms with Crippen molar-refractivity contribution in [3.05, 3.63) is 12.3 Å². The van der Waals surface area contributed by atoms with Crippen LogP contribution in [0.5, 0.6) is 0 Å². The Bertz CT molecular complexity index is 232. The number of hydrogen-bond acceptors (Lipinski definition) is 3. The smallest absolute Gasteiger partial charge is 0.373 e. The molecule has 2 aliphatic carbocycles. The van der Waals surface area contributed by atoms with Crippen LogP contribution in [0.3, 0.4) is 0 Å². The Morgan fingerprint density at radius 2 is 1.31 bits per heavy atom. The summed E-state index contributed by atoms with van der Waals surface area (Å²) in [6.45, 7) is 3.66. The third kappa shape index (κ3) is 3.00. The second kappa shape index (κ2) is 5.37. The van der Waals surface area contributed by atoms with E-state index >= 15 is 0 Å². The fourth-order valence-electron chi connectivity index (χ4n) is 2.48. The average molecular weight is 224 g/mol. The number of ether oxygens (including phenoxy) is 2. The first kappa shape index (κ1) is 11.5. The molecule has 0 atom stereocenters. The molecule has 2 rings (SSSR count). The minimum atomic E-state index is -0.362. The van der Waals surface area contributed by atoms with Gasteiger partial charge in [0.05, 0.1) is 6.10 Å². The SMILES string of the molecule is C=C(OC1CCCC1)C(=O)OC1CCCC1. The third-order valence-electron chi connectivity index (χ3n) is 3.41. The predicted molar refractivity (Wildman–Crippen MR) is 60.8 cm³/mol. The van der Waals surface area contributed by atoms with Crippen LogP contribution < -0.4 is 0 Å². The van der Waals surface area contributed by atoms with E-state index in [1.165, 1.54) is 12.8 Å². The number of hydrogen-bond donors (Lipinski definition) is 0. The van der Waals surface area contributed by atoms with Crippen LogP contribution in [0.1, 0.15) is 51.4 Å². The topological polar surface area (TPSA) is 35.5 Å². The molecule has 0 aromatic heterocycles. The van der Waals surface area contributed by atoms with Crippen molar-refractivity contribution in [2.45, 2.75) is 63.6 Å². The summed E-state index contributed by atoms with van der Waals surface area (Å²) in [7, 11) is 0. The monoisotopic (exact) mass is 224 g/mol. The van der Waals surface area contributed by atoms with Crippen molar-refractivity contribution >= 4 is 5.97 Å². The van der Waals surface area contributed by atoms with Crippen molar-refractivity contribution in [2.75, 3.05) is 0 Å². The van der Waals surface area contributed by atoms with Crippen molar-refractivity contribution in [1.82, 2.24) is 0 Å². The normalized spacial score (nSPS) is 22.2. The highest BCUT2D eigenvalue weighted by molar-refractivity contribution is 5.85. The Hall–Kier alpha value is -0.990. The molecule has 2 fully saturated rings. The van der Waals surface area contributed by atoms with E-state index in [1.807, 2.05) is 0 Å². The van der Waals surface area contributed by atoms with Crippen LogP contribution in [-0.4, -0.2) is 18.2 Å². The maximum absolute atomic E-state index is 11.6. The fourth-order valence-corrected chi connectivity index (χ4v) is 2.48. The lowest BCUT2D eigenvalue weighted by Crippen LogP contribution is -2.19. The van der Waals surface area contributed by atoms with E-state index in [-0.39, 0.29) is 23.9 Å². The molecule has 0 N–H and O–H groups in total. The molecule has 0 unspecified atom stereocenters. The van der Waals surface area contributed by atoms with Crippen LogP contribution in [0.4, 0.5) is 0 Å². The lowest BCUT2D eigenvalue weighted by molar-refractivity contribution is -0.149. The standard InChI is InChI=1S/C13H20O3/c1-10(15-11-6-2-3-7-11)13(14)16-12-8-4-5-9-12/h11-12H,1-9H2. The molecular formula is C13H20O3. The molecule has 0 bridgehead atoms. The Labute approximate surface area is 96.8 Å². The molecule has 90 valence electrons. The summed E-state index contributed by atoms with van der Waals surface area (Å²) in [5.74, 6) is -0.169. The zero-order valence-corrected chi connectivity index (χ0v) is 9.74. The van der Waals surface area contributed by atoms with Gasteiger partial charge in [0.1, 0.15) is 6.10 Å². The lowest BCUT2D eigenvalue weighted by atomic mass is 10.3. The largest absolute Gasteiger partial charge is 0.484 e. The molecule has 2 aliphatic rings. The molecule has 0 aliphatic heterocycles. The van der Waals surface area contributed by atoms with Gasteiger partial charge >= 0.3 is 5.97 Å². The highest BCUT2D eigenvalue weighted by Crippen LogP contribution is 2.25. The number of rotatable bonds is 4. The fraction of sp³-hybridized carbons (Fsp3) is 0.769. The van der Waals surface area contributed by atoms with Crippen LogP contribution in [-0.2, 0) is 14.3 Å². The minimum absolute atomic E-state index is 0.0939. The summed E-state index contributed by atoms with van der Waals surface area (Å²) in [6.07, 6.45) is 9.03. The predicted octanol–water partition coefficient (Wildman–Crippen LogP) is 2.95. The summed E-state index contributed by atoms with van der Waals surface area (Å²) < 4.78 is 10.8. The molecule has 3 heteroatoms. The maximum atomic E-state index is 11.6. The van der Waals surface area contributed by atoms with E-state index in [0.29, 0.717) is 0 Å². The Morgan fingerprint density at radius 1 is 0.875 bits per heavy atom. The molecule has 0 aromatic rings. The van der Waals surface area contributed by atoms with Crippen LogP contribution >= 0.6 is 0 Å². The Balaban J connectivity index is 1.72. The van der Waals surface area contributed by atoms with Crippen molar-refractivity contribution in [2.24, 2.45) is 0 Å². The summed E-state index contributed by atoms with van der Waals surface area (Å²) in [4.78, 5) is 11.6. The summed E-state index contributed by atoms with van der Waals surface area (Å²) >= 11 is 0. The first-order valence-corrected chi connectivity index (χ1v) is 6.32. The van der Waals surface area contributed by atoms with E-state index in [2.05, 4.69) is 6.58 Å². The number of esters is 1. The van der Waals surface area contributed by atoms with Crippen molar-refractivity contribution in [3.63, 3.8) is 0 Å². The van der Waals surface area contributed by atoms with Gasteiger partial charge in [-0.25, -0.2) is 4.79 Å². The van der Waals surface area contributed by atoms with Crippen LogP contribution in [0.15, 0.2) is 12.3 Å². The van der Waals surface area contributed by atoms with Gasteiger partial charge in [0.2, 0.25) is 0 Å². The number of carbonyl (C=O) groups excluding carboxylic acids is 1. The zero-order chi connectivity index (χ0) is 11.4. The van der Waals surface area contributed by atoms with Crippen molar-refractivity contribution in [1.29, 1.82) is 0 Å². The van der Waals surface area contributed by atoms with Gasteiger partial charge in [-0.15, -0.1) is 0 Å². The third-order valence-corrected chi connectivity index (χ3v) is 3.41. The van der Waals surface area contributed by atoms with Crippen molar-refractivity contribution < 1.29 is 14.3 Å². The second-order valence-electron chi connectivity index (χ2n) is 4.76. The van der Waals surface area contributed by atoms with E-state index in [4.69, 9.17) is 9.47 Å². The molecule has 16 heavy (non-hydrogen) atoms. The minimum Gasteiger partial charge on any atom is -0.484 e. The molecule has 2 saturated carbocycles. The lowest BCUT2D eigenvalue weighted by Gasteiger charge is -2.16. The molecule has 3 nitrogen and oxygen atoms in total. The highest BCUT2D eigenvalue weighted by Gasteiger charge is 2.24. The average Bonchev–Trinajstić information content (AvgIpc) is 2.90. The first-order valence-electron chi connectivity index (χ1n) is 6.32. The van der Waals surface area contributed by atoms with Gasteiger partial charge in [0.15, 0.2) is 5.76 Å². The van der Waals surface area contributed by atoms with Gasteiger partial charge in [0.25, 0.3) is 0 Å². The van der Waals surface area contributed by atoms with Gasteiger partial charge in [0, 0.05) is 0 Å². The summed E-state index contributed by atoms with van der Waals surface area (Å²) in [6, 6.07) is 0. The molecule has 0 amide bonds.